The zero-order chi connectivity index (χ0) is 10.7. The van der Waals surface area contributed by atoms with Crippen LogP contribution in [0.5, 0.6) is 0 Å². The van der Waals surface area contributed by atoms with Gasteiger partial charge < -0.3 is 5.32 Å². The number of nitrogens with zero attached hydrogens (tertiary/aromatic N) is 1. The summed E-state index contributed by atoms with van der Waals surface area (Å²) in [5.41, 5.74) is 5.18. The molecule has 0 saturated carbocycles. The molecular formula is C13H18N2. The summed E-state index contributed by atoms with van der Waals surface area (Å²) in [6.45, 7) is 7.12. The van der Waals surface area contributed by atoms with Gasteiger partial charge in [0.15, 0.2) is 0 Å². The second-order valence-corrected chi connectivity index (χ2v) is 4.00. The van der Waals surface area contributed by atoms with E-state index in [1.165, 1.54) is 29.7 Å². The Morgan fingerprint density at radius 2 is 2.47 bits per heavy atom. The van der Waals surface area contributed by atoms with Gasteiger partial charge in [0, 0.05) is 6.54 Å². The van der Waals surface area contributed by atoms with Gasteiger partial charge in [-0.1, -0.05) is 19.9 Å². The van der Waals surface area contributed by atoms with Crippen molar-refractivity contribution in [2.75, 3.05) is 11.9 Å². The van der Waals surface area contributed by atoms with Crippen LogP contribution in [0.3, 0.4) is 0 Å². The van der Waals surface area contributed by atoms with E-state index < -0.39 is 0 Å². The minimum absolute atomic E-state index is 1.05. The average Bonchev–Trinajstić information content (AvgIpc) is 2.73. The lowest BCUT2D eigenvalue weighted by Gasteiger charge is -2.10. The highest BCUT2D eigenvalue weighted by atomic mass is 14.9. The standard InChI is InChI=1S/C13H18N2/c1-3-5-6-10-11-7-8-14-13(11)9-15-12(10)4-2/h4,9,14H,2-3,5-8H2,1H3. The Bertz CT molecular complexity index is 369. The normalized spacial score (nSPS) is 13.4. The fraction of sp³-hybridized carbons (Fsp3) is 0.462. The molecule has 2 heterocycles. The van der Waals surface area contributed by atoms with Gasteiger partial charge in [0.2, 0.25) is 0 Å². The molecule has 0 bridgehead atoms. The van der Waals surface area contributed by atoms with Gasteiger partial charge in [0.05, 0.1) is 17.6 Å². The summed E-state index contributed by atoms with van der Waals surface area (Å²) in [5.74, 6) is 0. The third-order valence-corrected chi connectivity index (χ3v) is 3.00. The molecule has 0 fully saturated rings. The second kappa shape index (κ2) is 4.47. The summed E-state index contributed by atoms with van der Waals surface area (Å²) in [6, 6.07) is 0. The fourth-order valence-corrected chi connectivity index (χ4v) is 2.18. The zero-order valence-electron chi connectivity index (χ0n) is 9.34. The van der Waals surface area contributed by atoms with Crippen molar-refractivity contribution in [2.45, 2.75) is 32.6 Å². The molecule has 0 unspecified atom stereocenters. The van der Waals surface area contributed by atoms with Gasteiger partial charge >= 0.3 is 0 Å². The van der Waals surface area contributed by atoms with E-state index in [9.17, 15) is 0 Å². The zero-order valence-corrected chi connectivity index (χ0v) is 9.34. The van der Waals surface area contributed by atoms with Crippen molar-refractivity contribution in [1.29, 1.82) is 0 Å². The van der Waals surface area contributed by atoms with Crippen molar-refractivity contribution in [1.82, 2.24) is 4.98 Å². The third kappa shape index (κ3) is 1.89. The number of fused-ring (bicyclic) bond motifs is 1. The summed E-state index contributed by atoms with van der Waals surface area (Å²) in [5, 5.41) is 3.37. The first-order valence-corrected chi connectivity index (χ1v) is 5.74. The Labute approximate surface area is 91.4 Å². The quantitative estimate of drug-likeness (QED) is 0.811. The van der Waals surface area contributed by atoms with E-state index in [1.54, 1.807) is 0 Å². The molecule has 1 N–H and O–H groups in total. The summed E-state index contributed by atoms with van der Waals surface area (Å²) in [4.78, 5) is 4.44. The highest BCUT2D eigenvalue weighted by Gasteiger charge is 2.16. The topological polar surface area (TPSA) is 24.9 Å². The van der Waals surface area contributed by atoms with Crippen LogP contribution in [0.2, 0.25) is 0 Å². The summed E-state index contributed by atoms with van der Waals surface area (Å²) >= 11 is 0. The number of hydrogen-bond acceptors (Lipinski definition) is 2. The van der Waals surface area contributed by atoms with Gasteiger partial charge in [-0.25, -0.2) is 0 Å². The first-order chi connectivity index (χ1) is 7.36. The van der Waals surface area contributed by atoms with E-state index in [4.69, 9.17) is 0 Å². The average molecular weight is 202 g/mol. The van der Waals surface area contributed by atoms with Crippen LogP contribution in [0.1, 0.15) is 36.6 Å². The predicted molar refractivity (Wildman–Crippen MR) is 65.1 cm³/mol. The van der Waals surface area contributed by atoms with Crippen molar-refractivity contribution in [3.63, 3.8) is 0 Å². The van der Waals surface area contributed by atoms with Crippen LogP contribution in [0.25, 0.3) is 6.08 Å². The molecule has 1 aromatic rings. The van der Waals surface area contributed by atoms with Gasteiger partial charge in [-0.2, -0.15) is 0 Å². The van der Waals surface area contributed by atoms with Gasteiger partial charge in [-0.05, 0) is 36.5 Å². The molecule has 1 aliphatic heterocycles. The lowest BCUT2D eigenvalue weighted by Crippen LogP contribution is -1.98. The van der Waals surface area contributed by atoms with E-state index in [-0.39, 0.29) is 0 Å². The van der Waals surface area contributed by atoms with Gasteiger partial charge in [0.25, 0.3) is 0 Å². The molecule has 0 saturated heterocycles. The van der Waals surface area contributed by atoms with E-state index in [0.717, 1.165) is 25.1 Å². The molecule has 0 aromatic carbocycles. The molecule has 0 atom stereocenters. The third-order valence-electron chi connectivity index (χ3n) is 3.00. The van der Waals surface area contributed by atoms with Crippen molar-refractivity contribution in [2.24, 2.45) is 0 Å². The minimum atomic E-state index is 1.05. The monoisotopic (exact) mass is 202 g/mol. The number of anilines is 1. The lowest BCUT2D eigenvalue weighted by atomic mass is 9.99. The van der Waals surface area contributed by atoms with Crippen LogP contribution in [-0.4, -0.2) is 11.5 Å². The molecule has 0 spiro atoms. The first kappa shape index (κ1) is 10.2. The Kier molecular flexibility index (Phi) is 3.05. The molecule has 80 valence electrons. The maximum absolute atomic E-state index is 4.44. The Balaban J connectivity index is 2.38. The van der Waals surface area contributed by atoms with Crippen LogP contribution in [0, 0.1) is 0 Å². The fourth-order valence-electron chi connectivity index (χ4n) is 2.18. The number of aromatic nitrogens is 1. The summed E-state index contributed by atoms with van der Waals surface area (Å²) in [7, 11) is 0. The number of unbranched alkanes of at least 4 members (excludes halogenated alkanes) is 1. The predicted octanol–water partition coefficient (Wildman–Crippen LogP) is 3.04. The lowest BCUT2D eigenvalue weighted by molar-refractivity contribution is 0.784. The largest absolute Gasteiger partial charge is 0.383 e. The van der Waals surface area contributed by atoms with Gasteiger partial charge in [-0.15, -0.1) is 0 Å². The SMILES string of the molecule is C=Cc1ncc2c(c1CCCC)CCN2. The number of hydrogen-bond donors (Lipinski definition) is 1. The van der Waals surface area contributed by atoms with Gasteiger partial charge in [-0.3, -0.25) is 4.98 Å². The molecule has 0 amide bonds. The smallest absolute Gasteiger partial charge is 0.0660 e. The summed E-state index contributed by atoms with van der Waals surface area (Å²) < 4.78 is 0. The molecule has 1 aliphatic rings. The van der Waals surface area contributed by atoms with E-state index >= 15 is 0 Å². The molecule has 2 nitrogen and oxygen atoms in total. The molecule has 15 heavy (non-hydrogen) atoms. The van der Waals surface area contributed by atoms with E-state index in [1.807, 2.05) is 12.3 Å². The van der Waals surface area contributed by atoms with Crippen LogP contribution >= 0.6 is 0 Å². The highest BCUT2D eigenvalue weighted by Crippen LogP contribution is 2.28. The molecule has 2 rings (SSSR count). The Morgan fingerprint density at radius 1 is 1.60 bits per heavy atom. The number of pyridine rings is 1. The highest BCUT2D eigenvalue weighted by molar-refractivity contribution is 5.62. The minimum Gasteiger partial charge on any atom is -0.383 e. The van der Waals surface area contributed by atoms with Crippen molar-refractivity contribution in [3.8, 4) is 0 Å². The Hall–Kier alpha value is -1.31. The van der Waals surface area contributed by atoms with Crippen molar-refractivity contribution in [3.05, 3.63) is 29.6 Å². The first-order valence-electron chi connectivity index (χ1n) is 5.74. The molecule has 0 aliphatic carbocycles. The molecule has 2 heteroatoms. The van der Waals surface area contributed by atoms with Crippen LogP contribution in [-0.2, 0) is 12.8 Å². The van der Waals surface area contributed by atoms with Crippen LogP contribution < -0.4 is 5.32 Å². The summed E-state index contributed by atoms with van der Waals surface area (Å²) in [6.07, 6.45) is 8.55. The van der Waals surface area contributed by atoms with Crippen LogP contribution in [0.15, 0.2) is 12.8 Å². The van der Waals surface area contributed by atoms with E-state index in [0.29, 0.717) is 0 Å². The van der Waals surface area contributed by atoms with E-state index in [2.05, 4.69) is 23.8 Å². The maximum atomic E-state index is 4.44. The number of rotatable bonds is 4. The molecule has 0 radical (unpaired) electrons. The van der Waals surface area contributed by atoms with Gasteiger partial charge in [0.1, 0.15) is 0 Å². The molecular weight excluding hydrogens is 184 g/mol. The van der Waals surface area contributed by atoms with Crippen LogP contribution in [0.4, 0.5) is 5.69 Å². The van der Waals surface area contributed by atoms with Crippen molar-refractivity contribution >= 4 is 11.8 Å². The Morgan fingerprint density at radius 3 is 3.20 bits per heavy atom. The maximum Gasteiger partial charge on any atom is 0.0660 e. The number of nitrogens with one attached hydrogen (secondary N) is 1. The second-order valence-electron chi connectivity index (χ2n) is 4.00. The van der Waals surface area contributed by atoms with Crippen molar-refractivity contribution < 1.29 is 0 Å². The molecule has 1 aromatic heterocycles.